The summed E-state index contributed by atoms with van der Waals surface area (Å²) >= 11 is 0. The highest BCUT2D eigenvalue weighted by atomic mass is 16.6. The second-order valence-corrected chi connectivity index (χ2v) is 8.06. The Morgan fingerprint density at radius 1 is 1.11 bits per heavy atom. The molecule has 0 radical (unpaired) electrons. The normalized spacial score (nSPS) is 22.9. The van der Waals surface area contributed by atoms with Crippen molar-refractivity contribution in [3.05, 3.63) is 24.3 Å². The van der Waals surface area contributed by atoms with Gasteiger partial charge in [0, 0.05) is 19.1 Å². The van der Waals surface area contributed by atoms with Gasteiger partial charge in [0.15, 0.2) is 11.5 Å². The molecular weight excluding hydrogens is 348 g/mol. The molecule has 1 fully saturated rings. The number of hydrogen-bond donors (Lipinski definition) is 1. The molecule has 7 nitrogen and oxygen atoms in total. The molecule has 148 valence electrons. The molecule has 7 heteroatoms. The van der Waals surface area contributed by atoms with E-state index in [0.29, 0.717) is 37.4 Å². The average molecular weight is 376 g/mol. The summed E-state index contributed by atoms with van der Waals surface area (Å²) in [5.41, 5.74) is -0.507. The number of fused-ring (bicyclic) bond motifs is 1. The molecule has 2 heterocycles. The highest BCUT2D eigenvalue weighted by molar-refractivity contribution is 5.82. The van der Waals surface area contributed by atoms with Gasteiger partial charge in [0.25, 0.3) is 5.91 Å². The summed E-state index contributed by atoms with van der Waals surface area (Å²) in [7, 11) is 0. The van der Waals surface area contributed by atoms with Crippen molar-refractivity contribution in [1.29, 1.82) is 0 Å². The van der Waals surface area contributed by atoms with E-state index in [9.17, 15) is 9.59 Å². The minimum atomic E-state index is -0.691. The van der Waals surface area contributed by atoms with Crippen LogP contribution in [-0.2, 0) is 9.53 Å². The van der Waals surface area contributed by atoms with Gasteiger partial charge in [-0.25, -0.2) is 4.79 Å². The number of carbonyl (C=O) groups is 2. The van der Waals surface area contributed by atoms with E-state index < -0.39 is 11.7 Å². The van der Waals surface area contributed by atoms with Crippen LogP contribution in [0.5, 0.6) is 11.5 Å². The number of nitrogens with zero attached hydrogens (tertiary/aromatic N) is 1. The SMILES string of the molecule is C[C@H]1Oc2ccccc2O[C@H]1C(=O)NC1CCN(C(=O)OC(C)(C)C)CC1. The molecule has 1 aromatic carbocycles. The van der Waals surface area contributed by atoms with Crippen LogP contribution in [-0.4, -0.2) is 53.8 Å². The summed E-state index contributed by atoms with van der Waals surface area (Å²) in [6.07, 6.45) is -0.000354. The molecular formula is C20H28N2O5. The third kappa shape index (κ3) is 4.84. The van der Waals surface area contributed by atoms with Gasteiger partial charge in [-0.15, -0.1) is 0 Å². The van der Waals surface area contributed by atoms with Crippen molar-refractivity contribution >= 4 is 12.0 Å². The lowest BCUT2D eigenvalue weighted by atomic mass is 10.0. The molecule has 2 atom stereocenters. The molecule has 1 N–H and O–H groups in total. The number of ether oxygens (including phenoxy) is 3. The smallest absolute Gasteiger partial charge is 0.410 e. The Hall–Kier alpha value is -2.44. The average Bonchev–Trinajstić information content (AvgIpc) is 2.60. The molecule has 0 spiro atoms. The molecule has 0 unspecified atom stereocenters. The van der Waals surface area contributed by atoms with Gasteiger partial charge in [-0.1, -0.05) is 12.1 Å². The Kier molecular flexibility index (Phi) is 5.48. The number of piperidine rings is 1. The number of likely N-dealkylation sites (tertiary alicyclic amines) is 1. The van der Waals surface area contributed by atoms with Crippen molar-refractivity contribution in [2.24, 2.45) is 0 Å². The molecule has 2 amide bonds. The molecule has 0 saturated carbocycles. The topological polar surface area (TPSA) is 77.1 Å². The molecule has 2 aliphatic rings. The van der Waals surface area contributed by atoms with Crippen LogP contribution >= 0.6 is 0 Å². The van der Waals surface area contributed by atoms with Crippen LogP contribution in [0.15, 0.2) is 24.3 Å². The minimum Gasteiger partial charge on any atom is -0.482 e. The maximum absolute atomic E-state index is 12.7. The zero-order valence-electron chi connectivity index (χ0n) is 16.4. The van der Waals surface area contributed by atoms with Crippen LogP contribution in [0.1, 0.15) is 40.5 Å². The van der Waals surface area contributed by atoms with E-state index in [1.807, 2.05) is 45.9 Å². The standard InChI is InChI=1S/C20H28N2O5/c1-13-17(26-16-8-6-5-7-15(16)25-13)18(23)21-14-9-11-22(12-10-14)19(24)27-20(2,3)4/h5-8,13-14,17H,9-12H2,1-4H3,(H,21,23)/t13-,17-/m1/s1. The Morgan fingerprint density at radius 2 is 1.70 bits per heavy atom. The molecule has 27 heavy (non-hydrogen) atoms. The molecule has 0 aliphatic carbocycles. The van der Waals surface area contributed by atoms with Crippen molar-refractivity contribution in [2.45, 2.75) is 64.4 Å². The number of para-hydroxylation sites is 2. The third-order valence-corrected chi connectivity index (χ3v) is 4.59. The summed E-state index contributed by atoms with van der Waals surface area (Å²) in [5.74, 6) is 1.04. The monoisotopic (exact) mass is 376 g/mol. The minimum absolute atomic E-state index is 0.00385. The van der Waals surface area contributed by atoms with E-state index in [4.69, 9.17) is 14.2 Å². The van der Waals surface area contributed by atoms with E-state index in [2.05, 4.69) is 5.32 Å². The second kappa shape index (κ2) is 7.66. The van der Waals surface area contributed by atoms with E-state index in [1.54, 1.807) is 11.0 Å². The number of amides is 2. The molecule has 0 bridgehead atoms. The van der Waals surface area contributed by atoms with Gasteiger partial charge in [0.2, 0.25) is 6.10 Å². The first-order valence-electron chi connectivity index (χ1n) is 9.43. The van der Waals surface area contributed by atoms with Gasteiger partial charge < -0.3 is 24.4 Å². The van der Waals surface area contributed by atoms with Crippen LogP contribution in [0.3, 0.4) is 0 Å². The number of rotatable bonds is 2. The lowest BCUT2D eigenvalue weighted by Gasteiger charge is -2.35. The predicted molar refractivity (Wildman–Crippen MR) is 99.9 cm³/mol. The van der Waals surface area contributed by atoms with Gasteiger partial charge in [-0.2, -0.15) is 0 Å². The fourth-order valence-corrected chi connectivity index (χ4v) is 3.22. The summed E-state index contributed by atoms with van der Waals surface area (Å²) in [6.45, 7) is 8.49. The Morgan fingerprint density at radius 3 is 2.30 bits per heavy atom. The van der Waals surface area contributed by atoms with Crippen molar-refractivity contribution in [1.82, 2.24) is 10.2 Å². The van der Waals surface area contributed by atoms with E-state index in [1.165, 1.54) is 0 Å². The first-order chi connectivity index (χ1) is 12.7. The van der Waals surface area contributed by atoms with Gasteiger partial charge in [-0.05, 0) is 52.7 Å². The lowest BCUT2D eigenvalue weighted by molar-refractivity contribution is -0.134. The van der Waals surface area contributed by atoms with Crippen LogP contribution in [0.4, 0.5) is 4.79 Å². The summed E-state index contributed by atoms with van der Waals surface area (Å²) < 4.78 is 17.0. The fraction of sp³-hybridized carbons (Fsp3) is 0.600. The predicted octanol–water partition coefficient (Wildman–Crippen LogP) is 2.73. The quantitative estimate of drug-likeness (QED) is 0.859. The van der Waals surface area contributed by atoms with Crippen LogP contribution in [0.2, 0.25) is 0 Å². The maximum Gasteiger partial charge on any atom is 0.410 e. The molecule has 2 aliphatic heterocycles. The van der Waals surface area contributed by atoms with Crippen molar-refractivity contribution < 1.29 is 23.8 Å². The van der Waals surface area contributed by atoms with Crippen molar-refractivity contribution in [2.75, 3.05) is 13.1 Å². The first-order valence-corrected chi connectivity index (χ1v) is 9.43. The zero-order valence-corrected chi connectivity index (χ0v) is 16.4. The number of hydrogen-bond acceptors (Lipinski definition) is 5. The highest BCUT2D eigenvalue weighted by Crippen LogP contribution is 2.33. The fourth-order valence-electron chi connectivity index (χ4n) is 3.22. The van der Waals surface area contributed by atoms with Gasteiger partial charge in [-0.3, -0.25) is 4.79 Å². The van der Waals surface area contributed by atoms with Gasteiger partial charge in [0.05, 0.1) is 0 Å². The Bertz CT molecular complexity index is 692. The highest BCUT2D eigenvalue weighted by Gasteiger charge is 2.36. The van der Waals surface area contributed by atoms with Crippen molar-refractivity contribution in [3.63, 3.8) is 0 Å². The largest absolute Gasteiger partial charge is 0.482 e. The van der Waals surface area contributed by atoms with Crippen LogP contribution < -0.4 is 14.8 Å². The molecule has 1 aromatic rings. The molecule has 3 rings (SSSR count). The lowest BCUT2D eigenvalue weighted by Crippen LogP contribution is -2.54. The third-order valence-electron chi connectivity index (χ3n) is 4.59. The Labute approximate surface area is 160 Å². The first kappa shape index (κ1) is 19.3. The summed E-state index contributed by atoms with van der Waals surface area (Å²) in [6, 6.07) is 7.34. The Balaban J connectivity index is 1.51. The van der Waals surface area contributed by atoms with Gasteiger partial charge in [0.1, 0.15) is 11.7 Å². The molecule has 1 saturated heterocycles. The van der Waals surface area contributed by atoms with Crippen molar-refractivity contribution in [3.8, 4) is 11.5 Å². The summed E-state index contributed by atoms with van der Waals surface area (Å²) in [5, 5.41) is 3.03. The molecule has 0 aromatic heterocycles. The number of carbonyl (C=O) groups excluding carboxylic acids is 2. The van der Waals surface area contributed by atoms with E-state index >= 15 is 0 Å². The van der Waals surface area contributed by atoms with E-state index in [0.717, 1.165) is 0 Å². The summed E-state index contributed by atoms with van der Waals surface area (Å²) in [4.78, 5) is 26.5. The van der Waals surface area contributed by atoms with Gasteiger partial charge >= 0.3 is 6.09 Å². The second-order valence-electron chi connectivity index (χ2n) is 8.06. The number of nitrogens with one attached hydrogen (secondary N) is 1. The van der Waals surface area contributed by atoms with Crippen LogP contribution in [0.25, 0.3) is 0 Å². The van der Waals surface area contributed by atoms with E-state index in [-0.39, 0.29) is 24.1 Å². The number of benzene rings is 1. The maximum atomic E-state index is 12.7. The zero-order chi connectivity index (χ0) is 19.6. The van der Waals surface area contributed by atoms with Crippen LogP contribution in [0, 0.1) is 0 Å².